The Morgan fingerprint density at radius 2 is 2.00 bits per heavy atom. The molecule has 4 heteroatoms. The molecular formula is C7H13O3P. The van der Waals surface area contributed by atoms with Gasteiger partial charge in [-0.25, -0.2) is 0 Å². The average molecular weight is 176 g/mol. The molecule has 0 aliphatic heterocycles. The van der Waals surface area contributed by atoms with Crippen LogP contribution in [0.25, 0.3) is 0 Å². The Morgan fingerprint density at radius 1 is 1.45 bits per heavy atom. The minimum atomic E-state index is -2.16. The highest BCUT2D eigenvalue weighted by Gasteiger charge is 2.43. The van der Waals surface area contributed by atoms with Gasteiger partial charge in [0.25, 0.3) is 0 Å². The average Bonchev–Trinajstić information content (AvgIpc) is 1.51. The van der Waals surface area contributed by atoms with Crippen LogP contribution >= 0.6 is 7.14 Å². The second-order valence-corrected chi connectivity index (χ2v) is 7.06. The number of aliphatic carboxylic acids is 1. The lowest BCUT2D eigenvalue weighted by Crippen LogP contribution is -2.37. The van der Waals surface area contributed by atoms with E-state index in [9.17, 15) is 9.36 Å². The van der Waals surface area contributed by atoms with Crippen LogP contribution in [0.1, 0.15) is 12.8 Å². The highest BCUT2D eigenvalue weighted by molar-refractivity contribution is 7.63. The molecular weight excluding hydrogens is 163 g/mol. The Bertz CT molecular complexity index is 218. The van der Waals surface area contributed by atoms with Crippen LogP contribution < -0.4 is 0 Å². The normalized spacial score (nSPS) is 31.1. The van der Waals surface area contributed by atoms with Crippen LogP contribution in [-0.4, -0.2) is 30.1 Å². The van der Waals surface area contributed by atoms with Crippen molar-refractivity contribution in [2.75, 3.05) is 13.3 Å². The Kier molecular flexibility index (Phi) is 2.10. The molecule has 2 unspecified atom stereocenters. The third-order valence-electron chi connectivity index (χ3n) is 2.35. The minimum absolute atomic E-state index is 0.0556. The van der Waals surface area contributed by atoms with Crippen LogP contribution in [0, 0.1) is 5.92 Å². The second kappa shape index (κ2) is 2.63. The van der Waals surface area contributed by atoms with Crippen molar-refractivity contribution in [2.24, 2.45) is 5.92 Å². The summed E-state index contributed by atoms with van der Waals surface area (Å²) in [4.78, 5) is 10.5. The van der Waals surface area contributed by atoms with Crippen molar-refractivity contribution < 1.29 is 14.5 Å². The summed E-state index contributed by atoms with van der Waals surface area (Å²) in [5.41, 5.74) is -0.0556. The van der Waals surface area contributed by atoms with Gasteiger partial charge in [0, 0.05) is 5.66 Å². The van der Waals surface area contributed by atoms with Gasteiger partial charge in [0.15, 0.2) is 0 Å². The van der Waals surface area contributed by atoms with Crippen molar-refractivity contribution in [3.05, 3.63) is 0 Å². The summed E-state index contributed by atoms with van der Waals surface area (Å²) in [6.45, 7) is 3.35. The first-order valence-electron chi connectivity index (χ1n) is 3.70. The van der Waals surface area contributed by atoms with Gasteiger partial charge in [-0.3, -0.25) is 4.79 Å². The molecule has 0 aromatic heterocycles. The van der Waals surface area contributed by atoms with Gasteiger partial charge in [0.2, 0.25) is 0 Å². The van der Waals surface area contributed by atoms with Crippen LogP contribution in [0.2, 0.25) is 0 Å². The summed E-state index contributed by atoms with van der Waals surface area (Å²) in [7, 11) is -2.16. The van der Waals surface area contributed by atoms with Crippen molar-refractivity contribution in [3.8, 4) is 0 Å². The van der Waals surface area contributed by atoms with E-state index in [1.54, 1.807) is 13.3 Å². The van der Waals surface area contributed by atoms with E-state index in [-0.39, 0.29) is 11.6 Å². The molecule has 0 spiro atoms. The van der Waals surface area contributed by atoms with E-state index in [1.165, 1.54) is 0 Å². The summed E-state index contributed by atoms with van der Waals surface area (Å²) in [5.74, 6) is -1.12. The summed E-state index contributed by atoms with van der Waals surface area (Å²) in [6.07, 6.45) is 1.52. The van der Waals surface area contributed by atoms with Gasteiger partial charge in [-0.15, -0.1) is 0 Å². The summed E-state index contributed by atoms with van der Waals surface area (Å²) >= 11 is 0. The van der Waals surface area contributed by atoms with Crippen LogP contribution in [-0.2, 0) is 9.36 Å². The van der Waals surface area contributed by atoms with Gasteiger partial charge >= 0.3 is 5.97 Å². The monoisotopic (exact) mass is 176 g/mol. The predicted octanol–water partition coefficient (Wildman–Crippen LogP) is 1.47. The fraction of sp³-hybridized carbons (Fsp3) is 0.857. The van der Waals surface area contributed by atoms with Gasteiger partial charge in [0.05, 0.1) is 13.1 Å². The fourth-order valence-electron chi connectivity index (χ4n) is 1.51. The maximum Gasteiger partial charge on any atom is 0.307 e. The zero-order chi connectivity index (χ0) is 8.65. The third kappa shape index (κ3) is 1.64. The van der Waals surface area contributed by atoms with Gasteiger partial charge in [-0.1, -0.05) is 0 Å². The van der Waals surface area contributed by atoms with E-state index in [0.717, 1.165) is 6.42 Å². The molecule has 0 amide bonds. The van der Waals surface area contributed by atoms with Crippen molar-refractivity contribution in [3.63, 3.8) is 0 Å². The zero-order valence-corrected chi connectivity index (χ0v) is 7.67. The molecule has 0 aromatic rings. The lowest BCUT2D eigenvalue weighted by Gasteiger charge is -2.36. The highest BCUT2D eigenvalue weighted by atomic mass is 31.2. The lowest BCUT2D eigenvalue weighted by atomic mass is 9.85. The Labute approximate surface area is 66.2 Å². The number of carbonyl (C=O) groups is 1. The molecule has 1 fully saturated rings. The molecule has 1 N–H and O–H groups in total. The summed E-state index contributed by atoms with van der Waals surface area (Å²) < 4.78 is 11.4. The smallest absolute Gasteiger partial charge is 0.307 e. The van der Waals surface area contributed by atoms with Crippen LogP contribution in [0.5, 0.6) is 0 Å². The molecule has 2 atom stereocenters. The van der Waals surface area contributed by atoms with E-state index in [4.69, 9.17) is 5.11 Å². The van der Waals surface area contributed by atoms with Gasteiger partial charge in [-0.05, 0) is 26.2 Å². The van der Waals surface area contributed by atoms with Gasteiger partial charge < -0.3 is 9.67 Å². The third-order valence-corrected chi connectivity index (χ3v) is 4.57. The van der Waals surface area contributed by atoms with Gasteiger partial charge in [-0.2, -0.15) is 0 Å². The van der Waals surface area contributed by atoms with E-state index >= 15 is 0 Å². The van der Waals surface area contributed by atoms with Crippen molar-refractivity contribution in [1.29, 1.82) is 0 Å². The Hall–Kier alpha value is -0.300. The summed E-state index contributed by atoms with van der Waals surface area (Å²) in [6, 6.07) is 0. The molecule has 0 radical (unpaired) electrons. The molecule has 0 aromatic carbocycles. The summed E-state index contributed by atoms with van der Waals surface area (Å²) in [5, 5.41) is 8.65. The predicted molar refractivity (Wildman–Crippen MR) is 43.6 cm³/mol. The lowest BCUT2D eigenvalue weighted by molar-refractivity contribution is -0.144. The highest BCUT2D eigenvalue weighted by Crippen LogP contribution is 2.54. The Balaban J connectivity index is 2.64. The molecule has 0 saturated heterocycles. The molecule has 3 nitrogen and oxygen atoms in total. The zero-order valence-electron chi connectivity index (χ0n) is 6.78. The molecule has 1 aliphatic carbocycles. The molecule has 1 aliphatic rings. The largest absolute Gasteiger partial charge is 0.481 e. The maximum absolute atomic E-state index is 11.4. The van der Waals surface area contributed by atoms with E-state index in [2.05, 4.69) is 0 Å². The quantitative estimate of drug-likeness (QED) is 0.648. The number of carboxylic acids is 1. The number of rotatable bonds is 2. The molecule has 0 bridgehead atoms. The molecule has 1 saturated carbocycles. The first-order chi connectivity index (χ1) is 4.93. The van der Waals surface area contributed by atoms with E-state index < -0.39 is 13.1 Å². The maximum atomic E-state index is 11.4. The second-order valence-electron chi connectivity index (χ2n) is 3.52. The number of hydrogen-bond donors (Lipinski definition) is 1. The van der Waals surface area contributed by atoms with Crippen molar-refractivity contribution >= 4 is 13.1 Å². The van der Waals surface area contributed by atoms with Crippen LogP contribution in [0.3, 0.4) is 0 Å². The molecule has 1 rings (SSSR count). The van der Waals surface area contributed by atoms with E-state index in [1.807, 2.05) is 0 Å². The minimum Gasteiger partial charge on any atom is -0.481 e. The topological polar surface area (TPSA) is 54.4 Å². The number of carboxylic acid groups (broad SMARTS) is 1. The van der Waals surface area contributed by atoms with Crippen LogP contribution in [0.4, 0.5) is 0 Å². The fourth-order valence-corrected chi connectivity index (χ4v) is 3.43. The van der Waals surface area contributed by atoms with E-state index in [0.29, 0.717) is 6.42 Å². The van der Waals surface area contributed by atoms with Gasteiger partial charge in [0.1, 0.15) is 0 Å². The van der Waals surface area contributed by atoms with Crippen molar-refractivity contribution in [1.82, 2.24) is 0 Å². The van der Waals surface area contributed by atoms with Crippen LogP contribution in [0.15, 0.2) is 0 Å². The first-order valence-corrected chi connectivity index (χ1v) is 6.37. The molecule has 0 heterocycles. The van der Waals surface area contributed by atoms with Crippen molar-refractivity contribution in [2.45, 2.75) is 18.5 Å². The standard InChI is InChI=1S/C7H13O3P/c1-11(2,10)6-4-3-5(6)7(8)9/h5-6H,3-4H2,1-2H3,(H,8,9). The first kappa shape index (κ1) is 8.79. The molecule has 11 heavy (non-hydrogen) atoms. The number of hydrogen-bond acceptors (Lipinski definition) is 2. The SMILES string of the molecule is CP(C)(=O)C1CCC1C(=O)O. The molecule has 64 valence electrons. The Morgan fingerprint density at radius 3 is 2.09 bits per heavy atom.